The highest BCUT2D eigenvalue weighted by molar-refractivity contribution is 5.89. The van der Waals surface area contributed by atoms with Crippen LogP contribution in [0.1, 0.15) is 47.2 Å². The van der Waals surface area contributed by atoms with Gasteiger partial charge in [0, 0.05) is 13.6 Å². The summed E-state index contributed by atoms with van der Waals surface area (Å²) in [5.41, 5.74) is 6.48. The second-order valence-corrected chi connectivity index (χ2v) is 7.32. The van der Waals surface area contributed by atoms with Crippen LogP contribution >= 0.6 is 0 Å². The van der Waals surface area contributed by atoms with Gasteiger partial charge in [-0.25, -0.2) is 0 Å². The molecule has 1 saturated heterocycles. The third kappa shape index (κ3) is 5.76. The molecule has 1 aliphatic heterocycles. The minimum atomic E-state index is -0.576. The Morgan fingerprint density at radius 1 is 1.17 bits per heavy atom. The van der Waals surface area contributed by atoms with Crippen molar-refractivity contribution in [2.24, 2.45) is 10.7 Å². The van der Waals surface area contributed by atoms with Crippen molar-refractivity contribution in [3.8, 4) is 5.75 Å². The number of piperidine rings is 1. The van der Waals surface area contributed by atoms with Crippen molar-refractivity contribution in [1.29, 1.82) is 0 Å². The number of likely N-dealkylation sites (tertiary alicyclic amines) is 1. The Kier molecular flexibility index (Phi) is 7.73. The third-order valence-corrected chi connectivity index (χ3v) is 5.35. The van der Waals surface area contributed by atoms with E-state index in [4.69, 9.17) is 14.9 Å². The molecule has 0 aliphatic carbocycles. The first kappa shape index (κ1) is 21.7. The van der Waals surface area contributed by atoms with Gasteiger partial charge in [0.1, 0.15) is 11.5 Å². The van der Waals surface area contributed by atoms with Crippen molar-refractivity contribution in [3.63, 3.8) is 0 Å². The Balaban J connectivity index is 1.62. The van der Waals surface area contributed by atoms with Gasteiger partial charge >= 0.3 is 0 Å². The summed E-state index contributed by atoms with van der Waals surface area (Å²) in [5, 5.41) is 6.65. The van der Waals surface area contributed by atoms with E-state index in [1.54, 1.807) is 26.3 Å². The summed E-state index contributed by atoms with van der Waals surface area (Å²) < 4.78 is 10.7. The number of furan rings is 1. The number of aliphatic imine (C=N–C) groups is 1. The molecule has 0 saturated carbocycles. The Hall–Kier alpha value is -3.00. The van der Waals surface area contributed by atoms with Crippen LogP contribution in [0.4, 0.5) is 0 Å². The summed E-state index contributed by atoms with van der Waals surface area (Å²) in [5.74, 6) is 1.72. The van der Waals surface area contributed by atoms with Crippen LogP contribution in [0.3, 0.4) is 0 Å². The van der Waals surface area contributed by atoms with E-state index in [-0.39, 0.29) is 11.8 Å². The molecule has 0 spiro atoms. The highest BCUT2D eigenvalue weighted by atomic mass is 16.5. The fourth-order valence-corrected chi connectivity index (χ4v) is 3.70. The summed E-state index contributed by atoms with van der Waals surface area (Å²) in [4.78, 5) is 18.0. The summed E-state index contributed by atoms with van der Waals surface area (Å²) in [6.07, 6.45) is 3.74. The molecule has 1 amide bonds. The maximum atomic E-state index is 11.2. The molecule has 1 aromatic heterocycles. The number of nitrogens with two attached hydrogens (primary N) is 1. The van der Waals surface area contributed by atoms with Crippen molar-refractivity contribution in [1.82, 2.24) is 15.5 Å². The van der Waals surface area contributed by atoms with Crippen molar-refractivity contribution >= 4 is 11.9 Å². The zero-order valence-electron chi connectivity index (χ0n) is 17.7. The van der Waals surface area contributed by atoms with Gasteiger partial charge in [-0.1, -0.05) is 18.6 Å². The van der Waals surface area contributed by atoms with Gasteiger partial charge in [0.15, 0.2) is 11.7 Å². The van der Waals surface area contributed by atoms with E-state index in [0.29, 0.717) is 18.3 Å². The number of hydrogen-bond donors (Lipinski definition) is 3. The zero-order chi connectivity index (χ0) is 21.3. The number of nitrogens with one attached hydrogen (secondary N) is 2. The largest absolute Gasteiger partial charge is 0.497 e. The highest BCUT2D eigenvalue weighted by Gasteiger charge is 2.22. The molecule has 0 radical (unpaired) electrons. The Bertz CT molecular complexity index is 841. The van der Waals surface area contributed by atoms with E-state index in [0.717, 1.165) is 25.4 Å². The predicted molar refractivity (Wildman–Crippen MR) is 117 cm³/mol. The van der Waals surface area contributed by atoms with Gasteiger partial charge in [-0.3, -0.25) is 14.7 Å². The minimum absolute atomic E-state index is 0.152. The number of methoxy groups -OCH3 is 1. The first-order chi connectivity index (χ1) is 14.6. The van der Waals surface area contributed by atoms with Gasteiger partial charge in [-0.15, -0.1) is 0 Å². The van der Waals surface area contributed by atoms with E-state index in [1.807, 2.05) is 12.1 Å². The van der Waals surface area contributed by atoms with Crippen LogP contribution in [0.5, 0.6) is 5.75 Å². The first-order valence-corrected chi connectivity index (χ1v) is 10.3. The number of nitrogens with zero attached hydrogens (tertiary/aromatic N) is 2. The van der Waals surface area contributed by atoms with Crippen LogP contribution in [-0.2, 0) is 6.54 Å². The minimum Gasteiger partial charge on any atom is -0.497 e. The van der Waals surface area contributed by atoms with Gasteiger partial charge in [0.05, 0.1) is 19.7 Å². The fraction of sp³-hybridized carbons (Fsp3) is 0.455. The lowest BCUT2D eigenvalue weighted by molar-refractivity contribution is 0.0972. The molecule has 4 N–H and O–H groups in total. The number of primary amides is 1. The monoisotopic (exact) mass is 413 g/mol. The van der Waals surface area contributed by atoms with Crippen LogP contribution in [0.25, 0.3) is 0 Å². The van der Waals surface area contributed by atoms with Gasteiger partial charge < -0.3 is 25.5 Å². The molecule has 1 aromatic carbocycles. The standard InChI is InChI=1S/C22H31N5O3/c1-24-22(25-14-18-10-11-20(30-18)21(23)28)26-15-19(27-12-4-3-5-13-27)16-6-8-17(29-2)9-7-16/h6-11,19H,3-5,12-15H2,1-2H3,(H2,23,28)(H2,24,25,26). The van der Waals surface area contributed by atoms with Crippen LogP contribution in [-0.4, -0.2) is 50.6 Å². The quantitative estimate of drug-likeness (QED) is 0.453. The third-order valence-electron chi connectivity index (χ3n) is 5.35. The molecule has 162 valence electrons. The molecule has 8 heteroatoms. The molecule has 1 fully saturated rings. The van der Waals surface area contributed by atoms with Gasteiger partial charge in [-0.05, 0) is 55.8 Å². The van der Waals surface area contributed by atoms with Crippen molar-refractivity contribution in [2.75, 3.05) is 33.8 Å². The molecule has 2 heterocycles. The first-order valence-electron chi connectivity index (χ1n) is 10.3. The van der Waals surface area contributed by atoms with Gasteiger partial charge in [0.2, 0.25) is 0 Å². The number of amides is 1. The summed E-state index contributed by atoms with van der Waals surface area (Å²) in [7, 11) is 3.41. The average Bonchev–Trinajstić information content (AvgIpc) is 3.26. The highest BCUT2D eigenvalue weighted by Crippen LogP contribution is 2.25. The second-order valence-electron chi connectivity index (χ2n) is 7.32. The normalized spacial score (nSPS) is 16.1. The molecule has 0 bridgehead atoms. The van der Waals surface area contributed by atoms with Gasteiger partial charge in [0.25, 0.3) is 5.91 Å². The lowest BCUT2D eigenvalue weighted by Gasteiger charge is -2.35. The Labute approximate surface area is 177 Å². The van der Waals surface area contributed by atoms with E-state index >= 15 is 0 Å². The van der Waals surface area contributed by atoms with E-state index in [1.165, 1.54) is 24.8 Å². The second kappa shape index (κ2) is 10.7. The van der Waals surface area contributed by atoms with E-state index in [9.17, 15) is 4.79 Å². The van der Waals surface area contributed by atoms with Crippen LogP contribution in [0.2, 0.25) is 0 Å². The molecular formula is C22H31N5O3. The zero-order valence-corrected chi connectivity index (χ0v) is 17.7. The SMILES string of the molecule is CN=C(NCc1ccc(C(N)=O)o1)NCC(c1ccc(OC)cc1)N1CCCCC1. The summed E-state index contributed by atoms with van der Waals surface area (Å²) in [6, 6.07) is 11.8. The molecule has 2 aromatic rings. The Morgan fingerprint density at radius 3 is 2.50 bits per heavy atom. The topological polar surface area (TPSA) is 105 Å². The lowest BCUT2D eigenvalue weighted by atomic mass is 10.0. The lowest BCUT2D eigenvalue weighted by Crippen LogP contribution is -2.44. The van der Waals surface area contributed by atoms with Crippen LogP contribution < -0.4 is 21.1 Å². The Morgan fingerprint density at radius 2 is 1.90 bits per heavy atom. The van der Waals surface area contributed by atoms with Crippen molar-refractivity contribution in [3.05, 3.63) is 53.5 Å². The van der Waals surface area contributed by atoms with Crippen molar-refractivity contribution in [2.45, 2.75) is 31.8 Å². The molecule has 3 rings (SSSR count). The number of carbonyl (C=O) groups excluding carboxylic acids is 1. The number of carbonyl (C=O) groups is 1. The van der Waals surface area contributed by atoms with Crippen LogP contribution in [0, 0.1) is 0 Å². The number of rotatable bonds is 8. The average molecular weight is 414 g/mol. The number of benzene rings is 1. The van der Waals surface area contributed by atoms with Gasteiger partial charge in [-0.2, -0.15) is 0 Å². The molecule has 1 unspecified atom stereocenters. The van der Waals surface area contributed by atoms with Crippen LogP contribution in [0.15, 0.2) is 45.8 Å². The maximum absolute atomic E-state index is 11.2. The number of ether oxygens (including phenoxy) is 1. The molecule has 8 nitrogen and oxygen atoms in total. The molecule has 1 aliphatic rings. The summed E-state index contributed by atoms with van der Waals surface area (Å²) in [6.45, 7) is 3.31. The molecular weight excluding hydrogens is 382 g/mol. The number of guanidine groups is 1. The number of hydrogen-bond acceptors (Lipinski definition) is 5. The summed E-state index contributed by atoms with van der Waals surface area (Å²) >= 11 is 0. The predicted octanol–water partition coefficient (Wildman–Crippen LogP) is 2.28. The molecule has 30 heavy (non-hydrogen) atoms. The fourth-order valence-electron chi connectivity index (χ4n) is 3.70. The molecule has 1 atom stereocenters. The van der Waals surface area contributed by atoms with Crippen molar-refractivity contribution < 1.29 is 13.9 Å². The van der Waals surface area contributed by atoms with E-state index < -0.39 is 5.91 Å². The van der Waals surface area contributed by atoms with E-state index in [2.05, 4.69) is 32.7 Å². The smallest absolute Gasteiger partial charge is 0.284 e. The maximum Gasteiger partial charge on any atom is 0.284 e.